The zero-order valence-corrected chi connectivity index (χ0v) is 13.7. The van der Waals surface area contributed by atoms with E-state index in [0.29, 0.717) is 0 Å². The second-order valence-electron chi connectivity index (χ2n) is 4.30. The van der Waals surface area contributed by atoms with Gasteiger partial charge in [-0.25, -0.2) is 22.0 Å². The Morgan fingerprint density at radius 3 is 2.28 bits per heavy atom. The zero-order valence-electron chi connectivity index (χ0n) is 12.9. The summed E-state index contributed by atoms with van der Waals surface area (Å²) in [6.45, 7) is -0.335. The molecule has 0 saturated carbocycles. The van der Waals surface area contributed by atoms with Gasteiger partial charge in [0, 0.05) is 0 Å². The highest BCUT2D eigenvalue weighted by Gasteiger charge is 2.24. The number of rotatable bonds is 7. The van der Waals surface area contributed by atoms with Crippen LogP contribution in [0.3, 0.4) is 0 Å². The van der Waals surface area contributed by atoms with E-state index >= 15 is 0 Å². The van der Waals surface area contributed by atoms with Gasteiger partial charge < -0.3 is 9.47 Å². The molecule has 2 amide bonds. The molecule has 0 aliphatic rings. The average molecular weight is 380 g/mol. The van der Waals surface area contributed by atoms with Gasteiger partial charge in [-0.15, -0.1) is 0 Å². The van der Waals surface area contributed by atoms with Crippen molar-refractivity contribution in [3.05, 3.63) is 29.8 Å². The van der Waals surface area contributed by atoms with Crippen molar-refractivity contribution in [2.75, 3.05) is 19.8 Å². The number of hydrogen-bond acceptors (Lipinski definition) is 7. The third kappa shape index (κ3) is 6.43. The van der Waals surface area contributed by atoms with E-state index in [0.717, 1.165) is 18.2 Å². The highest BCUT2D eigenvalue weighted by Crippen LogP contribution is 2.17. The van der Waals surface area contributed by atoms with E-state index < -0.39 is 57.7 Å². The molecule has 0 radical (unpaired) electrons. The maximum atomic E-state index is 13.4. The van der Waals surface area contributed by atoms with Crippen LogP contribution in [0.1, 0.15) is 6.92 Å². The van der Waals surface area contributed by atoms with E-state index in [4.69, 9.17) is 0 Å². The first-order chi connectivity index (χ1) is 11.7. The molecule has 9 nitrogen and oxygen atoms in total. The van der Waals surface area contributed by atoms with Crippen molar-refractivity contribution in [1.29, 1.82) is 0 Å². The number of hydrogen-bond donors (Lipinski definition) is 2. The number of halogens is 2. The summed E-state index contributed by atoms with van der Waals surface area (Å²) < 4.78 is 60.9. The number of alkyl carbamates (subject to hydrolysis) is 1. The minimum Gasteiger partial charge on any atom is -0.455 e. The number of carbonyl (C=O) groups excluding carboxylic acids is 3. The number of benzene rings is 1. The summed E-state index contributed by atoms with van der Waals surface area (Å²) in [5.41, 5.74) is 0. The van der Waals surface area contributed by atoms with Gasteiger partial charge in [-0.2, -0.15) is 4.72 Å². The maximum absolute atomic E-state index is 13.4. The van der Waals surface area contributed by atoms with Gasteiger partial charge in [0.2, 0.25) is 10.0 Å². The van der Waals surface area contributed by atoms with Crippen molar-refractivity contribution in [3.63, 3.8) is 0 Å². The fraction of sp³-hybridized carbons (Fsp3) is 0.308. The lowest BCUT2D eigenvalue weighted by Crippen LogP contribution is -2.36. The summed E-state index contributed by atoms with van der Waals surface area (Å²) in [7, 11) is -4.66. The smallest absolute Gasteiger partial charge is 0.413 e. The third-order valence-electron chi connectivity index (χ3n) is 2.48. The van der Waals surface area contributed by atoms with Crippen LogP contribution in [0, 0.1) is 11.6 Å². The first-order valence-corrected chi connectivity index (χ1v) is 8.21. The second-order valence-corrected chi connectivity index (χ2v) is 6.01. The molecule has 1 aromatic rings. The Hall–Kier alpha value is -2.60. The van der Waals surface area contributed by atoms with Gasteiger partial charge >= 0.3 is 12.1 Å². The lowest BCUT2D eigenvalue weighted by molar-refractivity contribution is -0.147. The number of sulfonamides is 1. The SMILES string of the molecule is CCOC(=O)NC(=O)COC(=O)CNS(=O)(=O)c1c(F)cccc1F. The van der Waals surface area contributed by atoms with E-state index in [1.807, 2.05) is 0 Å². The Morgan fingerprint density at radius 2 is 1.72 bits per heavy atom. The molecule has 0 fully saturated rings. The van der Waals surface area contributed by atoms with Crippen molar-refractivity contribution < 1.29 is 41.1 Å². The number of esters is 1. The molecule has 138 valence electrons. The van der Waals surface area contributed by atoms with Gasteiger partial charge in [-0.05, 0) is 19.1 Å². The Kier molecular flexibility index (Phi) is 7.39. The molecule has 1 aromatic carbocycles. The number of amides is 2. The highest BCUT2D eigenvalue weighted by atomic mass is 32.2. The Morgan fingerprint density at radius 1 is 1.12 bits per heavy atom. The Balaban J connectivity index is 2.53. The molecular formula is C13H14F2N2O7S. The van der Waals surface area contributed by atoms with Gasteiger partial charge in [0.05, 0.1) is 6.61 Å². The van der Waals surface area contributed by atoms with Crippen molar-refractivity contribution >= 4 is 28.0 Å². The van der Waals surface area contributed by atoms with Gasteiger partial charge in [0.1, 0.15) is 18.2 Å². The molecule has 0 atom stereocenters. The number of ether oxygens (including phenoxy) is 2. The van der Waals surface area contributed by atoms with Gasteiger partial charge in [-0.1, -0.05) is 6.07 Å². The molecule has 0 aliphatic carbocycles. The first kappa shape index (κ1) is 20.4. The summed E-state index contributed by atoms with van der Waals surface area (Å²) in [6, 6.07) is 2.44. The fourth-order valence-electron chi connectivity index (χ4n) is 1.48. The predicted molar refractivity (Wildman–Crippen MR) is 77.7 cm³/mol. The van der Waals surface area contributed by atoms with Crippen LogP contribution in [0.25, 0.3) is 0 Å². The summed E-state index contributed by atoms with van der Waals surface area (Å²) >= 11 is 0. The quantitative estimate of drug-likeness (QED) is 0.640. The molecule has 12 heteroatoms. The third-order valence-corrected chi connectivity index (χ3v) is 3.93. The molecule has 0 unspecified atom stereocenters. The zero-order chi connectivity index (χ0) is 19.0. The van der Waals surface area contributed by atoms with E-state index in [1.54, 1.807) is 10.0 Å². The summed E-state index contributed by atoms with van der Waals surface area (Å²) in [4.78, 5) is 32.3. The molecule has 0 spiro atoms. The van der Waals surface area contributed by atoms with Crippen LogP contribution in [0.2, 0.25) is 0 Å². The molecule has 0 aromatic heterocycles. The number of carbonyl (C=O) groups is 3. The van der Waals surface area contributed by atoms with Crippen LogP contribution in [-0.4, -0.2) is 46.1 Å². The Labute approximate surface area is 141 Å². The summed E-state index contributed by atoms with van der Waals surface area (Å²) in [5.74, 6) is -4.89. The van der Waals surface area contributed by atoms with Crippen molar-refractivity contribution in [2.24, 2.45) is 0 Å². The molecule has 0 aliphatic heterocycles. The van der Waals surface area contributed by atoms with E-state index in [9.17, 15) is 31.6 Å². The van der Waals surface area contributed by atoms with Gasteiger partial charge in [0.25, 0.3) is 5.91 Å². The molecule has 2 N–H and O–H groups in total. The molecule has 0 bridgehead atoms. The van der Waals surface area contributed by atoms with Crippen LogP contribution in [-0.2, 0) is 29.1 Å². The van der Waals surface area contributed by atoms with Crippen LogP contribution in [0.4, 0.5) is 13.6 Å². The monoisotopic (exact) mass is 380 g/mol. The first-order valence-electron chi connectivity index (χ1n) is 6.73. The van der Waals surface area contributed by atoms with Gasteiger partial charge in [-0.3, -0.25) is 14.9 Å². The van der Waals surface area contributed by atoms with E-state index in [1.165, 1.54) is 6.92 Å². The highest BCUT2D eigenvalue weighted by molar-refractivity contribution is 7.89. The van der Waals surface area contributed by atoms with Crippen LogP contribution in [0.5, 0.6) is 0 Å². The largest absolute Gasteiger partial charge is 0.455 e. The summed E-state index contributed by atoms with van der Waals surface area (Å²) in [5, 5.41) is 1.73. The van der Waals surface area contributed by atoms with Crippen molar-refractivity contribution in [1.82, 2.24) is 10.0 Å². The average Bonchev–Trinajstić information content (AvgIpc) is 2.51. The van der Waals surface area contributed by atoms with Gasteiger partial charge in [0.15, 0.2) is 11.5 Å². The molecule has 1 rings (SSSR count). The van der Waals surface area contributed by atoms with Crippen LogP contribution >= 0.6 is 0 Å². The Bertz CT molecular complexity index is 747. The predicted octanol–water partition coefficient (Wildman–Crippen LogP) is 0.0590. The van der Waals surface area contributed by atoms with E-state index in [-0.39, 0.29) is 6.61 Å². The number of nitrogens with one attached hydrogen (secondary N) is 2. The van der Waals surface area contributed by atoms with Crippen LogP contribution < -0.4 is 10.0 Å². The molecule has 0 heterocycles. The van der Waals surface area contributed by atoms with Crippen molar-refractivity contribution in [2.45, 2.75) is 11.8 Å². The maximum Gasteiger partial charge on any atom is 0.413 e. The topological polar surface area (TPSA) is 128 Å². The minimum absolute atomic E-state index is 0.0211. The van der Waals surface area contributed by atoms with Crippen LogP contribution in [0.15, 0.2) is 23.1 Å². The lowest BCUT2D eigenvalue weighted by Gasteiger charge is -2.09. The number of imide groups is 1. The molecular weight excluding hydrogens is 366 g/mol. The molecule has 0 saturated heterocycles. The minimum atomic E-state index is -4.66. The summed E-state index contributed by atoms with van der Waals surface area (Å²) in [6.07, 6.45) is -1.04. The molecule has 25 heavy (non-hydrogen) atoms. The standard InChI is InChI=1S/C13H14F2N2O7S/c1-2-23-13(20)17-10(18)7-24-11(19)6-16-25(21,22)12-8(14)4-3-5-9(12)15/h3-5,16H,2,6-7H2,1H3,(H,17,18,20). The van der Waals surface area contributed by atoms with Crippen molar-refractivity contribution in [3.8, 4) is 0 Å². The van der Waals surface area contributed by atoms with E-state index in [2.05, 4.69) is 9.47 Å². The second kappa shape index (κ2) is 9.03. The fourth-order valence-corrected chi connectivity index (χ4v) is 2.58. The normalized spacial score (nSPS) is 10.8. The lowest BCUT2D eigenvalue weighted by atomic mass is 10.3.